The molecular formula is C44H56N10. The lowest BCUT2D eigenvalue weighted by molar-refractivity contribution is -0.0245. The maximum atomic E-state index is 3.02. The van der Waals surface area contributed by atoms with Gasteiger partial charge in [0.15, 0.2) is 0 Å². The summed E-state index contributed by atoms with van der Waals surface area (Å²) in [4.78, 5) is 29.0. The van der Waals surface area contributed by atoms with Crippen LogP contribution in [0.4, 0.5) is 0 Å². The van der Waals surface area contributed by atoms with Crippen molar-refractivity contribution in [1.29, 1.82) is 0 Å². The topological polar surface area (TPSA) is 32.4 Å². The van der Waals surface area contributed by atoms with Crippen LogP contribution >= 0.6 is 0 Å². The normalized spacial score (nSPS) is 34.5. The lowest BCUT2D eigenvalue weighted by Gasteiger charge is -2.73. The first-order chi connectivity index (χ1) is 26.6. The van der Waals surface area contributed by atoms with E-state index < -0.39 is 0 Å². The third kappa shape index (κ3) is 2.99. The van der Waals surface area contributed by atoms with Crippen molar-refractivity contribution in [1.82, 2.24) is 49.0 Å². The number of nitrogens with zero attached hydrogens (tertiary/aromatic N) is 10. The number of hydrogen-bond donors (Lipinski definition) is 0. The van der Waals surface area contributed by atoms with Gasteiger partial charge in [0.2, 0.25) is 0 Å². The molecule has 0 N–H and O–H groups in total. The van der Waals surface area contributed by atoms with Crippen molar-refractivity contribution in [2.75, 3.05) is 58.9 Å². The van der Waals surface area contributed by atoms with Crippen LogP contribution in [-0.2, 0) is 0 Å². The summed E-state index contributed by atoms with van der Waals surface area (Å²) in [5.74, 6) is 12.6. The van der Waals surface area contributed by atoms with Crippen LogP contribution in [-0.4, -0.2) is 138 Å². The third-order valence-corrected chi connectivity index (χ3v) is 16.4. The first kappa shape index (κ1) is 30.2. The number of fused-ring (bicyclic) bond motifs is 2. The summed E-state index contributed by atoms with van der Waals surface area (Å²) in [6, 6.07) is 1.85. The molecule has 0 aliphatic carbocycles. The highest BCUT2D eigenvalue weighted by Gasteiger charge is 2.69. The highest BCUT2D eigenvalue weighted by molar-refractivity contribution is 5.67. The molecule has 0 aromatic heterocycles. The predicted octanol–water partition coefficient (Wildman–Crippen LogP) is 5.34. The van der Waals surface area contributed by atoms with Crippen LogP contribution in [0, 0.1) is 0 Å². The number of hydrogen-bond acceptors (Lipinski definition) is 10. The fourth-order valence-corrected chi connectivity index (χ4v) is 15.0. The molecule has 0 aromatic carbocycles. The average molecular weight is 725 g/mol. The minimum Gasteiger partial charge on any atom is -0.358 e. The minimum atomic E-state index is 0.256. The highest BCUT2D eigenvalue weighted by Crippen LogP contribution is 2.67. The Balaban J connectivity index is 1.12. The van der Waals surface area contributed by atoms with E-state index in [9.17, 15) is 0 Å². The summed E-state index contributed by atoms with van der Waals surface area (Å²) < 4.78 is 0. The molecule has 14 heterocycles. The van der Waals surface area contributed by atoms with Crippen LogP contribution in [0.2, 0.25) is 0 Å². The second-order valence-corrected chi connectivity index (χ2v) is 18.3. The Kier molecular flexibility index (Phi) is 5.49. The van der Waals surface area contributed by atoms with Crippen LogP contribution in [0.1, 0.15) is 92.4 Å². The van der Waals surface area contributed by atoms with Crippen LogP contribution in [0.3, 0.4) is 0 Å². The van der Waals surface area contributed by atoms with Crippen molar-refractivity contribution in [2.24, 2.45) is 0 Å². The second-order valence-electron chi connectivity index (χ2n) is 18.3. The zero-order valence-corrected chi connectivity index (χ0v) is 33.1. The minimum absolute atomic E-state index is 0.256. The average Bonchev–Trinajstić information content (AvgIpc) is 3.21. The summed E-state index contributed by atoms with van der Waals surface area (Å²) in [6.45, 7) is 22.0. The van der Waals surface area contributed by atoms with E-state index in [-0.39, 0.29) is 6.04 Å². The first-order valence-electron chi connectivity index (χ1n) is 22.2. The van der Waals surface area contributed by atoms with E-state index in [1.54, 1.807) is 79.5 Å². The lowest BCUT2D eigenvalue weighted by atomic mass is 9.66. The van der Waals surface area contributed by atoms with Gasteiger partial charge in [-0.25, -0.2) is 0 Å². The predicted molar refractivity (Wildman–Crippen MR) is 207 cm³/mol. The Morgan fingerprint density at radius 2 is 0.815 bits per heavy atom. The van der Waals surface area contributed by atoms with Crippen molar-refractivity contribution < 1.29 is 0 Å². The molecule has 4 fully saturated rings. The van der Waals surface area contributed by atoms with Gasteiger partial charge < -0.3 is 49.0 Å². The van der Waals surface area contributed by atoms with Crippen LogP contribution < -0.4 is 0 Å². The van der Waals surface area contributed by atoms with Crippen molar-refractivity contribution >= 4 is 0 Å². The van der Waals surface area contributed by atoms with Gasteiger partial charge in [-0.05, 0) is 115 Å². The summed E-state index contributed by atoms with van der Waals surface area (Å²) in [5, 5.41) is 0. The molecule has 10 nitrogen and oxygen atoms in total. The van der Waals surface area contributed by atoms with Gasteiger partial charge in [-0.2, -0.15) is 0 Å². The van der Waals surface area contributed by atoms with Gasteiger partial charge in [0, 0.05) is 81.2 Å². The fraction of sp³-hybridized carbons (Fsp3) is 0.636. The molecule has 0 radical (unpaired) electrons. The Hall–Kier alpha value is -4.08. The van der Waals surface area contributed by atoms with Crippen LogP contribution in [0.15, 0.2) is 91.2 Å². The maximum absolute atomic E-state index is 3.02. The summed E-state index contributed by atoms with van der Waals surface area (Å²) >= 11 is 0. The summed E-state index contributed by atoms with van der Waals surface area (Å²) in [5.41, 5.74) is 13.8. The molecule has 0 amide bonds. The van der Waals surface area contributed by atoms with Gasteiger partial charge in [0.1, 0.15) is 46.6 Å². The van der Waals surface area contributed by atoms with E-state index in [1.165, 1.54) is 76.1 Å². The van der Waals surface area contributed by atoms with E-state index >= 15 is 0 Å². The van der Waals surface area contributed by atoms with Gasteiger partial charge in [0.25, 0.3) is 0 Å². The summed E-state index contributed by atoms with van der Waals surface area (Å²) in [6.07, 6.45) is 11.1. The molecule has 14 rings (SSSR count). The molecule has 4 atom stereocenters. The Morgan fingerprint density at radius 1 is 0.407 bits per heavy atom. The highest BCUT2D eigenvalue weighted by atomic mass is 15.6. The van der Waals surface area contributed by atoms with Gasteiger partial charge in [-0.1, -0.05) is 0 Å². The first-order valence-corrected chi connectivity index (χ1v) is 22.2. The molecule has 282 valence electrons. The SMILES string of the molecule is CCN1CCC2C3=C1N(CC)C1=C4C3N3C5=C(CCCN52)CC2=C3N3C5=C(CC6=C7N(CCC6)C6CCN(CC)C8=C6C(C(=C(N8CC)N1CC)C43)N75)C2. The van der Waals surface area contributed by atoms with E-state index in [0.717, 1.165) is 52.2 Å². The molecule has 10 heteroatoms. The molecule has 14 aliphatic heterocycles. The van der Waals surface area contributed by atoms with E-state index in [2.05, 4.69) is 83.6 Å². The van der Waals surface area contributed by atoms with Crippen molar-refractivity contribution in [3.63, 3.8) is 0 Å². The smallest absolute Gasteiger partial charge is 0.119 e. The monoisotopic (exact) mass is 724 g/mol. The fourth-order valence-electron chi connectivity index (χ4n) is 15.0. The van der Waals surface area contributed by atoms with Crippen LogP contribution in [0.25, 0.3) is 0 Å². The van der Waals surface area contributed by atoms with Crippen molar-refractivity contribution in [2.45, 2.75) is 123 Å². The number of rotatable bonds is 5. The van der Waals surface area contributed by atoms with E-state index in [0.29, 0.717) is 24.2 Å². The maximum Gasteiger partial charge on any atom is 0.119 e. The largest absolute Gasteiger partial charge is 0.358 e. The molecule has 54 heavy (non-hydrogen) atoms. The lowest BCUT2D eigenvalue weighted by Crippen LogP contribution is -2.76. The molecule has 0 saturated carbocycles. The zero-order valence-electron chi connectivity index (χ0n) is 33.1. The van der Waals surface area contributed by atoms with Crippen molar-refractivity contribution in [3.05, 3.63) is 91.2 Å². The molecule has 0 spiro atoms. The van der Waals surface area contributed by atoms with Crippen LogP contribution in [0.5, 0.6) is 0 Å². The molecule has 14 aliphatic rings. The Morgan fingerprint density at radius 3 is 1.26 bits per heavy atom. The summed E-state index contributed by atoms with van der Waals surface area (Å²) in [7, 11) is 0. The zero-order chi connectivity index (χ0) is 35.6. The standard InChI is InChI=1S/C44H56N10/c1-6-45-19-15-28-30-34-32-36-33-35-31-29(16-20-46(7-2)42(31)48(9-4)44(33)49(10-5)43(32)47(8-3)41(30)45)51-18-12-14-25-22-27-23-26-21-24-13-11-17-50(28)37(24)52(34)39(26)54(36)40(27)53(35)38(25)51/h28-29,34-36H,6-23H2,1-5H3. The Bertz CT molecular complexity index is 2010. The van der Waals surface area contributed by atoms with Gasteiger partial charge in [0.05, 0.1) is 30.2 Å². The van der Waals surface area contributed by atoms with E-state index in [4.69, 9.17) is 0 Å². The second kappa shape index (κ2) is 9.83. The molecule has 0 aromatic rings. The molecule has 4 saturated heterocycles. The number of allylic oxidation sites excluding steroid dienone is 4. The quantitative estimate of drug-likeness (QED) is 0.371. The molecule has 4 unspecified atom stereocenters. The van der Waals surface area contributed by atoms with E-state index in [1.807, 2.05) is 0 Å². The van der Waals surface area contributed by atoms with Crippen molar-refractivity contribution in [3.8, 4) is 0 Å². The Labute approximate surface area is 320 Å². The van der Waals surface area contributed by atoms with Gasteiger partial charge in [-0.3, -0.25) is 0 Å². The molecule has 0 bridgehead atoms. The molecular weight excluding hydrogens is 669 g/mol. The van der Waals surface area contributed by atoms with Gasteiger partial charge in [-0.15, -0.1) is 0 Å². The third-order valence-electron chi connectivity index (χ3n) is 16.4. The van der Waals surface area contributed by atoms with Gasteiger partial charge >= 0.3 is 0 Å².